The minimum Gasteiger partial charge on any atom is -0.352 e. The molecule has 0 aliphatic heterocycles. The van der Waals surface area contributed by atoms with Gasteiger partial charge in [0.05, 0.1) is 6.54 Å². The number of hydrogen-bond acceptors (Lipinski definition) is 3. The Morgan fingerprint density at radius 2 is 2.32 bits per heavy atom. The summed E-state index contributed by atoms with van der Waals surface area (Å²) in [6.07, 6.45) is 2.07. The predicted octanol–water partition coefficient (Wildman–Crippen LogP) is 1.73. The summed E-state index contributed by atoms with van der Waals surface area (Å²) >= 11 is 1.79. The van der Waals surface area contributed by atoms with E-state index < -0.39 is 0 Å². The van der Waals surface area contributed by atoms with Crippen molar-refractivity contribution in [1.82, 2.24) is 5.32 Å². The molecule has 3 N–H and O–H groups in total. The van der Waals surface area contributed by atoms with E-state index in [4.69, 9.17) is 5.73 Å². The molecule has 19 heavy (non-hydrogen) atoms. The Morgan fingerprint density at radius 1 is 1.53 bits per heavy atom. The maximum Gasteiger partial charge on any atom is 0.251 e. The SMILES string of the molecule is CSCC(C)CNC(=O)c1cccc(C#CCN)c1. The third-order valence-corrected chi connectivity index (χ3v) is 3.42. The molecule has 0 bridgehead atoms. The number of hydrogen-bond donors (Lipinski definition) is 2. The van der Waals surface area contributed by atoms with Crippen molar-refractivity contribution < 1.29 is 4.79 Å². The Bertz CT molecular complexity index is 477. The summed E-state index contributed by atoms with van der Waals surface area (Å²) in [5.41, 5.74) is 6.78. The second-order valence-electron chi connectivity index (χ2n) is 4.36. The van der Waals surface area contributed by atoms with Crippen LogP contribution in [0.2, 0.25) is 0 Å². The van der Waals surface area contributed by atoms with E-state index in [1.54, 1.807) is 23.9 Å². The van der Waals surface area contributed by atoms with Crippen molar-refractivity contribution in [1.29, 1.82) is 0 Å². The van der Waals surface area contributed by atoms with Gasteiger partial charge in [-0.25, -0.2) is 0 Å². The van der Waals surface area contributed by atoms with Gasteiger partial charge in [0.2, 0.25) is 0 Å². The van der Waals surface area contributed by atoms with Gasteiger partial charge in [-0.3, -0.25) is 4.79 Å². The molecule has 0 radical (unpaired) electrons. The van der Waals surface area contributed by atoms with Crippen molar-refractivity contribution in [3.63, 3.8) is 0 Å². The van der Waals surface area contributed by atoms with Gasteiger partial charge < -0.3 is 11.1 Å². The second-order valence-corrected chi connectivity index (χ2v) is 5.27. The monoisotopic (exact) mass is 276 g/mol. The summed E-state index contributed by atoms with van der Waals surface area (Å²) in [5, 5.41) is 2.94. The van der Waals surface area contributed by atoms with Gasteiger partial charge in [0.15, 0.2) is 0 Å². The fourth-order valence-electron chi connectivity index (χ4n) is 1.60. The Kier molecular flexibility index (Phi) is 7.09. The summed E-state index contributed by atoms with van der Waals surface area (Å²) in [5.74, 6) is 7.17. The van der Waals surface area contributed by atoms with Crippen molar-refractivity contribution in [3.8, 4) is 11.8 Å². The second kappa shape index (κ2) is 8.63. The lowest BCUT2D eigenvalue weighted by Crippen LogP contribution is -2.29. The summed E-state index contributed by atoms with van der Waals surface area (Å²) in [6.45, 7) is 3.14. The fourth-order valence-corrected chi connectivity index (χ4v) is 2.29. The topological polar surface area (TPSA) is 55.1 Å². The van der Waals surface area contributed by atoms with E-state index in [0.717, 1.165) is 11.3 Å². The van der Waals surface area contributed by atoms with Crippen LogP contribution in [0.5, 0.6) is 0 Å². The Morgan fingerprint density at radius 3 is 3.00 bits per heavy atom. The molecule has 0 saturated heterocycles. The van der Waals surface area contributed by atoms with E-state index in [1.165, 1.54) is 0 Å². The van der Waals surface area contributed by atoms with Crippen LogP contribution in [0.3, 0.4) is 0 Å². The van der Waals surface area contributed by atoms with E-state index in [0.29, 0.717) is 24.6 Å². The lowest BCUT2D eigenvalue weighted by Gasteiger charge is -2.11. The molecule has 0 saturated carbocycles. The molecule has 0 aliphatic carbocycles. The van der Waals surface area contributed by atoms with Crippen molar-refractivity contribution in [2.75, 3.05) is 25.1 Å². The third kappa shape index (κ3) is 5.82. The molecule has 0 aliphatic rings. The maximum atomic E-state index is 12.0. The average Bonchev–Trinajstić information content (AvgIpc) is 2.43. The van der Waals surface area contributed by atoms with Gasteiger partial charge in [0.25, 0.3) is 5.91 Å². The van der Waals surface area contributed by atoms with Crippen LogP contribution in [0.1, 0.15) is 22.8 Å². The number of amides is 1. The zero-order valence-corrected chi connectivity index (χ0v) is 12.2. The van der Waals surface area contributed by atoms with Crippen LogP contribution in [-0.2, 0) is 0 Å². The Hall–Kier alpha value is -1.44. The fraction of sp³-hybridized carbons (Fsp3) is 0.400. The number of benzene rings is 1. The Labute approximate surface area is 119 Å². The van der Waals surface area contributed by atoms with Crippen LogP contribution in [0.4, 0.5) is 0 Å². The molecular weight excluding hydrogens is 256 g/mol. The highest BCUT2D eigenvalue weighted by Gasteiger charge is 2.07. The minimum atomic E-state index is -0.0515. The van der Waals surface area contributed by atoms with E-state index in [-0.39, 0.29) is 5.91 Å². The summed E-state index contributed by atoms with van der Waals surface area (Å²) in [4.78, 5) is 12.0. The molecule has 0 aromatic heterocycles. The van der Waals surface area contributed by atoms with Gasteiger partial charge in [-0.05, 0) is 36.1 Å². The first-order valence-electron chi connectivity index (χ1n) is 6.23. The lowest BCUT2D eigenvalue weighted by molar-refractivity contribution is 0.0949. The van der Waals surface area contributed by atoms with Crippen LogP contribution in [-0.4, -0.2) is 31.0 Å². The van der Waals surface area contributed by atoms with E-state index in [2.05, 4.69) is 30.3 Å². The van der Waals surface area contributed by atoms with Crippen LogP contribution in [0, 0.1) is 17.8 Å². The van der Waals surface area contributed by atoms with Crippen molar-refractivity contribution >= 4 is 17.7 Å². The average molecular weight is 276 g/mol. The lowest BCUT2D eigenvalue weighted by atomic mass is 10.1. The van der Waals surface area contributed by atoms with Crippen LogP contribution < -0.4 is 11.1 Å². The zero-order valence-electron chi connectivity index (χ0n) is 11.4. The molecule has 1 atom stereocenters. The zero-order chi connectivity index (χ0) is 14.1. The Balaban J connectivity index is 2.61. The van der Waals surface area contributed by atoms with Gasteiger partial charge in [-0.15, -0.1) is 0 Å². The van der Waals surface area contributed by atoms with Gasteiger partial charge >= 0.3 is 0 Å². The van der Waals surface area contributed by atoms with Gasteiger partial charge in [-0.1, -0.05) is 24.8 Å². The minimum absolute atomic E-state index is 0.0515. The van der Waals surface area contributed by atoms with Gasteiger partial charge in [0, 0.05) is 17.7 Å². The number of carbonyl (C=O) groups excluding carboxylic acids is 1. The van der Waals surface area contributed by atoms with Crippen LogP contribution >= 0.6 is 11.8 Å². The van der Waals surface area contributed by atoms with Crippen molar-refractivity contribution in [3.05, 3.63) is 35.4 Å². The summed E-state index contributed by atoms with van der Waals surface area (Å²) in [7, 11) is 0. The van der Waals surface area contributed by atoms with E-state index in [1.807, 2.05) is 12.1 Å². The van der Waals surface area contributed by atoms with Crippen LogP contribution in [0.25, 0.3) is 0 Å². The first-order valence-corrected chi connectivity index (χ1v) is 7.63. The van der Waals surface area contributed by atoms with Crippen molar-refractivity contribution in [2.24, 2.45) is 11.7 Å². The normalized spacial score (nSPS) is 11.3. The first-order chi connectivity index (χ1) is 9.17. The largest absolute Gasteiger partial charge is 0.352 e. The highest BCUT2D eigenvalue weighted by atomic mass is 32.2. The molecule has 1 rings (SSSR count). The third-order valence-electron chi connectivity index (χ3n) is 2.52. The number of carbonyl (C=O) groups is 1. The highest BCUT2D eigenvalue weighted by molar-refractivity contribution is 7.98. The molecule has 102 valence electrons. The van der Waals surface area contributed by atoms with Gasteiger partial charge in [-0.2, -0.15) is 11.8 Å². The molecule has 0 spiro atoms. The van der Waals surface area contributed by atoms with Crippen molar-refractivity contribution in [2.45, 2.75) is 6.92 Å². The quantitative estimate of drug-likeness (QED) is 0.805. The molecule has 1 aromatic carbocycles. The number of nitrogens with two attached hydrogens (primary N) is 1. The summed E-state index contributed by atoms with van der Waals surface area (Å²) < 4.78 is 0. The number of rotatable bonds is 5. The van der Waals surface area contributed by atoms with E-state index in [9.17, 15) is 4.79 Å². The molecule has 1 unspecified atom stereocenters. The van der Waals surface area contributed by atoms with Crippen LogP contribution in [0.15, 0.2) is 24.3 Å². The summed E-state index contributed by atoms with van der Waals surface area (Å²) in [6, 6.07) is 7.29. The molecule has 0 heterocycles. The number of nitrogens with one attached hydrogen (secondary N) is 1. The molecule has 3 nitrogen and oxygen atoms in total. The van der Waals surface area contributed by atoms with E-state index >= 15 is 0 Å². The molecule has 0 fully saturated rings. The molecule has 1 aromatic rings. The first kappa shape index (κ1) is 15.6. The number of thioether (sulfide) groups is 1. The smallest absolute Gasteiger partial charge is 0.251 e. The highest BCUT2D eigenvalue weighted by Crippen LogP contribution is 2.06. The predicted molar refractivity (Wildman–Crippen MR) is 82.3 cm³/mol. The molecule has 4 heteroatoms. The standard InChI is InChI=1S/C15H20N2OS/c1-12(11-19-2)10-17-15(18)14-7-3-5-13(9-14)6-4-8-16/h3,5,7,9,12H,8,10-11,16H2,1-2H3,(H,17,18). The molecular formula is C15H20N2OS. The van der Waals surface area contributed by atoms with Gasteiger partial charge in [0.1, 0.15) is 0 Å². The maximum absolute atomic E-state index is 12.0. The molecule has 1 amide bonds.